The van der Waals surface area contributed by atoms with Crippen LogP contribution in [0.1, 0.15) is 18.1 Å². The van der Waals surface area contributed by atoms with Crippen LogP contribution in [-0.2, 0) is 12.7 Å². The Labute approximate surface area is 169 Å². The summed E-state index contributed by atoms with van der Waals surface area (Å²) < 4.78 is 39.7. The van der Waals surface area contributed by atoms with Crippen molar-refractivity contribution in [2.24, 2.45) is 0 Å². The highest BCUT2D eigenvalue weighted by atomic mass is 35.5. The zero-order chi connectivity index (χ0) is 20.5. The minimum Gasteiger partial charge on any atom is -0.357 e. The third kappa shape index (κ3) is 4.43. The first-order valence-electron chi connectivity index (χ1n) is 8.13. The molecule has 0 aliphatic carbocycles. The number of nitrogens with zero attached hydrogens (tertiary/aromatic N) is 3. The van der Waals surface area contributed by atoms with Gasteiger partial charge in [-0.3, -0.25) is 4.68 Å². The Morgan fingerprint density at radius 2 is 1.93 bits per heavy atom. The lowest BCUT2D eigenvalue weighted by Gasteiger charge is -2.25. The number of nitrogens with one attached hydrogen (secondary N) is 1. The van der Waals surface area contributed by atoms with E-state index in [-0.39, 0.29) is 11.5 Å². The molecule has 0 aliphatic heterocycles. The van der Waals surface area contributed by atoms with Gasteiger partial charge in [0.15, 0.2) is 0 Å². The van der Waals surface area contributed by atoms with Gasteiger partial charge in [0.05, 0.1) is 23.7 Å². The van der Waals surface area contributed by atoms with E-state index in [1.54, 1.807) is 29.9 Å². The number of benzene rings is 2. The fourth-order valence-corrected chi connectivity index (χ4v) is 3.21. The van der Waals surface area contributed by atoms with Crippen LogP contribution in [0.25, 0.3) is 10.9 Å². The highest BCUT2D eigenvalue weighted by Crippen LogP contribution is 2.29. The molecule has 3 rings (SSSR count). The molecule has 28 heavy (non-hydrogen) atoms. The zero-order valence-electron chi connectivity index (χ0n) is 14.6. The van der Waals surface area contributed by atoms with Crippen molar-refractivity contribution < 1.29 is 13.2 Å². The fourth-order valence-electron chi connectivity index (χ4n) is 2.68. The molecule has 0 saturated heterocycles. The maximum absolute atomic E-state index is 12.7. The Hall–Kier alpha value is -2.63. The molecular weight excluding hydrogens is 409 g/mol. The highest BCUT2D eigenvalue weighted by molar-refractivity contribution is 7.80. The minimum absolute atomic E-state index is 0.177. The molecule has 4 nitrogen and oxygen atoms in total. The van der Waals surface area contributed by atoms with Gasteiger partial charge in [-0.2, -0.15) is 23.5 Å². The van der Waals surface area contributed by atoms with Gasteiger partial charge in [0.2, 0.25) is 0 Å². The Morgan fingerprint density at radius 1 is 1.25 bits per heavy atom. The number of thiocarbonyl (C=S) groups is 1. The second kappa shape index (κ2) is 7.41. The van der Waals surface area contributed by atoms with Crippen LogP contribution >= 0.6 is 23.8 Å². The lowest BCUT2D eigenvalue weighted by atomic mass is 10.0. The van der Waals surface area contributed by atoms with Crippen LogP contribution in [0.3, 0.4) is 0 Å². The van der Waals surface area contributed by atoms with Gasteiger partial charge in [0, 0.05) is 22.2 Å². The van der Waals surface area contributed by atoms with E-state index in [1.807, 2.05) is 6.07 Å². The van der Waals surface area contributed by atoms with Crippen molar-refractivity contribution in [1.29, 1.82) is 5.26 Å². The molecule has 1 heterocycles. The molecule has 9 heteroatoms. The third-order valence-corrected chi connectivity index (χ3v) is 4.68. The topological polar surface area (TPSA) is 53.6 Å². The number of hydrogen-bond acceptors (Lipinski definition) is 3. The van der Waals surface area contributed by atoms with Gasteiger partial charge < -0.3 is 5.32 Å². The molecule has 0 radical (unpaired) electrons. The summed E-state index contributed by atoms with van der Waals surface area (Å²) in [5, 5.41) is 18.4. The Kier molecular flexibility index (Phi) is 5.33. The third-order valence-electron chi connectivity index (χ3n) is 4.11. The predicted molar refractivity (Wildman–Crippen MR) is 105 cm³/mol. The molecule has 0 aliphatic rings. The predicted octanol–water partition coefficient (Wildman–Crippen LogP) is 4.96. The van der Waals surface area contributed by atoms with Gasteiger partial charge in [-0.05, 0) is 37.3 Å². The quantitative estimate of drug-likeness (QED) is 0.604. The summed E-state index contributed by atoms with van der Waals surface area (Å²) in [6, 6.07) is 11.9. The lowest BCUT2D eigenvalue weighted by Crippen LogP contribution is -2.47. The van der Waals surface area contributed by atoms with Crippen molar-refractivity contribution in [2.75, 3.05) is 0 Å². The van der Waals surface area contributed by atoms with Gasteiger partial charge in [-0.15, -0.1) is 0 Å². The summed E-state index contributed by atoms with van der Waals surface area (Å²) in [4.78, 5) is 0.178. The first-order chi connectivity index (χ1) is 13.1. The number of alkyl halides is 3. The molecule has 2 aromatic carbocycles. The van der Waals surface area contributed by atoms with Crippen molar-refractivity contribution >= 4 is 39.7 Å². The van der Waals surface area contributed by atoms with Crippen molar-refractivity contribution in [3.63, 3.8) is 0 Å². The van der Waals surface area contributed by atoms with Crippen molar-refractivity contribution in [3.8, 4) is 6.07 Å². The van der Waals surface area contributed by atoms with E-state index >= 15 is 0 Å². The largest absolute Gasteiger partial charge is 0.416 e. The number of fused-ring (bicyclic) bond motifs is 1. The molecule has 1 atom stereocenters. The first kappa shape index (κ1) is 20.1. The number of aromatic nitrogens is 2. The second-order valence-electron chi connectivity index (χ2n) is 6.50. The van der Waals surface area contributed by atoms with Crippen LogP contribution in [-0.4, -0.2) is 20.3 Å². The molecule has 144 valence electrons. The summed E-state index contributed by atoms with van der Waals surface area (Å²) in [6.07, 6.45) is -2.64. The molecule has 0 bridgehead atoms. The lowest BCUT2D eigenvalue weighted by molar-refractivity contribution is -0.137. The van der Waals surface area contributed by atoms with Gasteiger partial charge >= 0.3 is 6.18 Å². The molecule has 1 unspecified atom stereocenters. The molecule has 0 saturated carbocycles. The van der Waals surface area contributed by atoms with E-state index in [0.29, 0.717) is 16.1 Å². The van der Waals surface area contributed by atoms with E-state index in [1.165, 1.54) is 12.1 Å². The number of nitriles is 1. The highest BCUT2D eigenvalue weighted by Gasteiger charge is 2.31. The van der Waals surface area contributed by atoms with E-state index in [4.69, 9.17) is 23.8 Å². The Morgan fingerprint density at radius 3 is 2.54 bits per heavy atom. The minimum atomic E-state index is -4.42. The molecule has 1 aromatic heterocycles. The smallest absolute Gasteiger partial charge is 0.357 e. The number of hydrogen-bond donors (Lipinski definition) is 1. The monoisotopic (exact) mass is 422 g/mol. The van der Waals surface area contributed by atoms with Gasteiger partial charge in [-0.1, -0.05) is 36.0 Å². The van der Waals surface area contributed by atoms with Gasteiger partial charge in [0.1, 0.15) is 10.5 Å². The van der Waals surface area contributed by atoms with Crippen molar-refractivity contribution in [3.05, 3.63) is 64.8 Å². The molecule has 1 N–H and O–H groups in total. The van der Waals surface area contributed by atoms with Gasteiger partial charge in [0.25, 0.3) is 0 Å². The van der Waals surface area contributed by atoms with E-state index < -0.39 is 17.3 Å². The maximum Gasteiger partial charge on any atom is 0.416 e. The summed E-state index contributed by atoms with van der Waals surface area (Å²) in [7, 11) is 0. The molecule has 3 aromatic rings. The van der Waals surface area contributed by atoms with Crippen LogP contribution in [0.15, 0.2) is 48.7 Å². The molecule has 0 spiro atoms. The summed E-state index contributed by atoms with van der Waals surface area (Å²) in [5.74, 6) is 0. The fraction of sp³-hybridized carbons (Fsp3) is 0.211. The summed E-state index contributed by atoms with van der Waals surface area (Å²) >= 11 is 11.2. The van der Waals surface area contributed by atoms with E-state index in [9.17, 15) is 18.4 Å². The SMILES string of the molecule is CC(C#N)(Cn1cc2ccc(Cl)cc2n1)NC(=S)c1ccc(C(F)(F)F)cc1. The summed E-state index contributed by atoms with van der Waals surface area (Å²) in [6.45, 7) is 1.82. The van der Waals surface area contributed by atoms with Crippen LogP contribution in [0.5, 0.6) is 0 Å². The first-order valence-corrected chi connectivity index (χ1v) is 8.92. The van der Waals surface area contributed by atoms with E-state index in [2.05, 4.69) is 16.5 Å². The van der Waals surface area contributed by atoms with E-state index in [0.717, 1.165) is 17.5 Å². The molecular formula is C19H14ClF3N4S. The average molecular weight is 423 g/mol. The van der Waals surface area contributed by atoms with Crippen LogP contribution in [0.2, 0.25) is 5.02 Å². The summed E-state index contributed by atoms with van der Waals surface area (Å²) in [5.41, 5.74) is -0.796. The van der Waals surface area contributed by atoms with Crippen LogP contribution in [0, 0.1) is 11.3 Å². The average Bonchev–Trinajstić information content (AvgIpc) is 3.01. The maximum atomic E-state index is 12.7. The number of rotatable bonds is 4. The van der Waals surface area contributed by atoms with Crippen molar-refractivity contribution in [1.82, 2.24) is 15.1 Å². The standard InChI is InChI=1S/C19H14ClF3N4S/c1-18(10-24,11-27-9-13-4-7-15(20)8-16(13)26-27)25-17(28)12-2-5-14(6-3-12)19(21,22)23/h2-9H,11H2,1H3,(H,25,28). The Bertz CT molecular complexity index is 1070. The van der Waals surface area contributed by atoms with Crippen molar-refractivity contribution in [2.45, 2.75) is 25.2 Å². The zero-order valence-corrected chi connectivity index (χ0v) is 16.2. The number of halogens is 4. The molecule has 0 amide bonds. The van der Waals surface area contributed by atoms with Crippen LogP contribution in [0.4, 0.5) is 13.2 Å². The van der Waals surface area contributed by atoms with Gasteiger partial charge in [-0.25, -0.2) is 0 Å². The Balaban J connectivity index is 1.77. The normalized spacial score (nSPS) is 13.7. The second-order valence-corrected chi connectivity index (χ2v) is 7.35. The van der Waals surface area contributed by atoms with Crippen LogP contribution < -0.4 is 5.32 Å². The molecule has 0 fully saturated rings.